The van der Waals surface area contributed by atoms with Gasteiger partial charge < -0.3 is 13.9 Å². The van der Waals surface area contributed by atoms with Crippen LogP contribution in [-0.4, -0.2) is 14.1 Å². The standard InChI is InChI=1S/C59H41N5O.Pt/c1-59(2,3)43-32-33-61-57(34-43)64-52-29-13-12-26-49(52)50-36-51(46-25-11-10-22-42(46)38-60)56(37-55(50)64)65-45-24-16-23-44(35-45)62-39-63(54-31-15-14-30-53(54)62)58-47(40-18-6-4-7-19-40)27-17-28-48(58)41-20-8-5-9-21-41;/h4-34,36H,1-3H3;/q-2;/i4D,5D,6D,7D,8D,9D,18D,19D,20D,21D;. The maximum Gasteiger partial charge on any atom is 0.268 e. The Morgan fingerprint density at radius 2 is 1.32 bits per heavy atom. The van der Waals surface area contributed by atoms with Gasteiger partial charge in [-0.25, -0.2) is 4.98 Å². The molecule has 0 fully saturated rings. The predicted molar refractivity (Wildman–Crippen MR) is 260 cm³/mol. The number of nitriles is 1. The number of nitrogens with zero attached hydrogens (tertiary/aromatic N) is 5. The first-order valence-corrected chi connectivity index (χ1v) is 20.9. The summed E-state index contributed by atoms with van der Waals surface area (Å²) in [5.41, 5.74) is 5.76. The SMILES string of the molecule is [2H]c1c([2H])c([2H])c(-c2cccc(-c3c([2H])c([2H])c([2H])c([2H])c3[2H])c2-[n+]2[c-]n(-c3[c-]c(Oc4[c-]c5c(cc4-c4ccccc4C#N)c4ccccc4n5-c4cc(C(C)(C)C)ccn4)ccc3)c3ccccc32)c([2H])c1[2H].[Pt]. The number of aromatic nitrogens is 4. The first-order chi connectivity index (χ1) is 36.0. The third-order valence-electron chi connectivity index (χ3n) is 11.4. The average Bonchev–Trinajstić information content (AvgIpc) is 3.98. The normalized spacial score (nSPS) is 13.5. The van der Waals surface area contributed by atoms with E-state index in [0.717, 1.165) is 21.9 Å². The Hall–Kier alpha value is -7.84. The van der Waals surface area contributed by atoms with Crippen molar-refractivity contribution < 1.29 is 44.1 Å². The Balaban J connectivity index is 0.00000657. The monoisotopic (exact) mass is 1040 g/mol. The molecule has 0 unspecified atom stereocenters. The molecule has 3 aromatic heterocycles. The summed E-state index contributed by atoms with van der Waals surface area (Å²) in [7, 11) is 0. The Labute approximate surface area is 412 Å². The van der Waals surface area contributed by atoms with Crippen LogP contribution in [0.25, 0.3) is 83.4 Å². The summed E-state index contributed by atoms with van der Waals surface area (Å²) in [6, 6.07) is 42.7. The van der Waals surface area contributed by atoms with Crippen LogP contribution >= 0.6 is 0 Å². The number of benzene rings is 8. The molecule has 66 heavy (non-hydrogen) atoms. The number of ether oxygens (including phenoxy) is 1. The number of hydrogen-bond donors (Lipinski definition) is 0. The number of imidazole rings is 1. The fourth-order valence-corrected chi connectivity index (χ4v) is 8.36. The van der Waals surface area contributed by atoms with Crippen molar-refractivity contribution in [3.63, 3.8) is 0 Å². The average molecular weight is 1040 g/mol. The Morgan fingerprint density at radius 1 is 0.667 bits per heavy atom. The fourth-order valence-electron chi connectivity index (χ4n) is 8.36. The predicted octanol–water partition coefficient (Wildman–Crippen LogP) is 13.8. The van der Waals surface area contributed by atoms with Gasteiger partial charge in [-0.15, -0.1) is 23.6 Å². The van der Waals surface area contributed by atoms with Crippen LogP contribution in [0.2, 0.25) is 0 Å². The molecule has 0 aliphatic heterocycles. The van der Waals surface area contributed by atoms with Gasteiger partial charge >= 0.3 is 0 Å². The zero-order chi connectivity index (χ0) is 52.8. The number of hydrogen-bond acceptors (Lipinski definition) is 3. The molecule has 11 aromatic rings. The molecule has 0 bridgehead atoms. The maximum absolute atomic E-state index is 10.4. The van der Waals surface area contributed by atoms with Crippen molar-refractivity contribution in [3.05, 3.63) is 224 Å². The molecular formula is C59H41N5OPt-2. The molecule has 0 radical (unpaired) electrons. The van der Waals surface area contributed by atoms with Gasteiger partial charge in [0.25, 0.3) is 6.33 Å². The summed E-state index contributed by atoms with van der Waals surface area (Å²) in [5, 5.41) is 12.2. The molecule has 320 valence electrons. The Kier molecular flexibility index (Phi) is 8.35. The van der Waals surface area contributed by atoms with Crippen LogP contribution in [0.4, 0.5) is 0 Å². The molecule has 0 amide bonds. The minimum atomic E-state index is -0.588. The van der Waals surface area contributed by atoms with Crippen LogP contribution in [0.3, 0.4) is 0 Å². The molecule has 0 saturated carbocycles. The van der Waals surface area contributed by atoms with E-state index >= 15 is 0 Å². The van der Waals surface area contributed by atoms with E-state index in [-0.39, 0.29) is 60.2 Å². The minimum Gasteiger partial charge on any atom is -0.509 e. The second kappa shape index (κ2) is 17.3. The van der Waals surface area contributed by atoms with E-state index in [1.54, 1.807) is 63.7 Å². The molecule has 0 aliphatic rings. The van der Waals surface area contributed by atoms with Crippen LogP contribution in [0, 0.1) is 29.8 Å². The molecule has 0 N–H and O–H groups in total. The van der Waals surface area contributed by atoms with Gasteiger partial charge in [-0.05, 0) is 68.6 Å². The number of rotatable bonds is 8. The summed E-state index contributed by atoms with van der Waals surface area (Å²) in [6.45, 7) is 6.46. The molecule has 11 rings (SSSR count). The van der Waals surface area contributed by atoms with Gasteiger partial charge in [-0.2, -0.15) is 23.5 Å². The van der Waals surface area contributed by atoms with Crippen LogP contribution in [-0.2, 0) is 26.5 Å². The van der Waals surface area contributed by atoms with E-state index in [1.165, 1.54) is 0 Å². The van der Waals surface area contributed by atoms with Gasteiger partial charge in [-0.3, -0.25) is 4.57 Å². The van der Waals surface area contributed by atoms with Gasteiger partial charge in [0.05, 0.1) is 36.5 Å². The Bertz CT molecular complexity index is 4110. The molecular weight excluding hydrogens is 990 g/mol. The van der Waals surface area contributed by atoms with E-state index in [4.69, 9.17) is 23.4 Å². The van der Waals surface area contributed by atoms with Crippen LogP contribution in [0.5, 0.6) is 11.5 Å². The molecule has 0 saturated heterocycles. The van der Waals surface area contributed by atoms with E-state index in [9.17, 15) is 5.26 Å². The molecule has 8 aromatic carbocycles. The summed E-state index contributed by atoms with van der Waals surface area (Å²) < 4.78 is 99.7. The quantitative estimate of drug-likeness (QED) is 0.113. The van der Waals surface area contributed by atoms with Crippen LogP contribution in [0.1, 0.15) is 45.6 Å². The zero-order valence-electron chi connectivity index (χ0n) is 45.7. The van der Waals surface area contributed by atoms with Crippen LogP contribution in [0.15, 0.2) is 194 Å². The minimum absolute atomic E-state index is 0. The molecule has 7 heteroatoms. The summed E-state index contributed by atoms with van der Waals surface area (Å²) in [6.07, 6.45) is 5.22. The van der Waals surface area contributed by atoms with Crippen molar-refractivity contribution in [2.75, 3.05) is 0 Å². The van der Waals surface area contributed by atoms with Crippen molar-refractivity contribution in [1.82, 2.24) is 14.1 Å². The van der Waals surface area contributed by atoms with Crippen molar-refractivity contribution in [2.24, 2.45) is 0 Å². The fraction of sp³-hybridized carbons (Fsp3) is 0.0678. The van der Waals surface area contributed by atoms with Gasteiger partial charge in [-0.1, -0.05) is 177 Å². The largest absolute Gasteiger partial charge is 0.509 e. The van der Waals surface area contributed by atoms with E-state index in [2.05, 4.69) is 55.9 Å². The molecule has 0 aliphatic carbocycles. The Morgan fingerprint density at radius 3 is 2.05 bits per heavy atom. The van der Waals surface area contributed by atoms with Gasteiger partial charge in [0.1, 0.15) is 5.82 Å². The summed E-state index contributed by atoms with van der Waals surface area (Å²) >= 11 is 0. The number of pyridine rings is 1. The topological polar surface area (TPSA) is 59.6 Å². The van der Waals surface area contributed by atoms with Crippen molar-refractivity contribution in [2.45, 2.75) is 26.2 Å². The second-order valence-electron chi connectivity index (χ2n) is 16.4. The van der Waals surface area contributed by atoms with Gasteiger partial charge in [0, 0.05) is 49.8 Å². The molecule has 6 nitrogen and oxygen atoms in total. The van der Waals surface area contributed by atoms with E-state index in [0.29, 0.717) is 50.5 Å². The van der Waals surface area contributed by atoms with Gasteiger partial charge in [0.2, 0.25) is 0 Å². The van der Waals surface area contributed by atoms with Gasteiger partial charge in [0.15, 0.2) is 0 Å². The third-order valence-corrected chi connectivity index (χ3v) is 11.4. The first-order valence-electron chi connectivity index (χ1n) is 25.9. The van der Waals surface area contributed by atoms with Crippen molar-refractivity contribution >= 4 is 32.8 Å². The summed E-state index contributed by atoms with van der Waals surface area (Å²) in [4.78, 5) is 4.85. The molecule has 0 atom stereocenters. The number of fused-ring (bicyclic) bond motifs is 4. The van der Waals surface area contributed by atoms with Crippen molar-refractivity contribution in [1.29, 1.82) is 5.26 Å². The molecule has 0 spiro atoms. The second-order valence-corrected chi connectivity index (χ2v) is 16.4. The summed E-state index contributed by atoms with van der Waals surface area (Å²) in [5.74, 6) is 1.27. The van der Waals surface area contributed by atoms with E-state index < -0.39 is 60.4 Å². The van der Waals surface area contributed by atoms with Crippen molar-refractivity contribution in [3.8, 4) is 68.1 Å². The molecule has 3 heterocycles. The smallest absolute Gasteiger partial charge is 0.268 e. The van der Waals surface area contributed by atoms with Crippen LogP contribution < -0.4 is 9.30 Å². The third kappa shape index (κ3) is 7.48. The first kappa shape index (κ1) is 31.9. The number of para-hydroxylation sites is 4. The van der Waals surface area contributed by atoms with E-state index in [1.807, 2.05) is 72.9 Å². The zero-order valence-corrected chi connectivity index (χ0v) is 37.9. The maximum atomic E-state index is 10.4.